The molecule has 1 heterocycles. The molecule has 1 aromatic heterocycles. The van der Waals surface area contributed by atoms with Crippen LogP contribution in [0.25, 0.3) is 0 Å². The van der Waals surface area contributed by atoms with Crippen molar-refractivity contribution in [3.8, 4) is 0 Å². The molecule has 1 N–H and O–H groups in total. The van der Waals surface area contributed by atoms with Crippen molar-refractivity contribution in [2.24, 2.45) is 0 Å². The Morgan fingerprint density at radius 2 is 2.15 bits per heavy atom. The van der Waals surface area contributed by atoms with Crippen LogP contribution in [0.5, 0.6) is 0 Å². The molecule has 5 heteroatoms. The minimum absolute atomic E-state index is 0.191. The largest absolute Gasteiger partial charge is 0.481 e. The number of carboxylic acid groups (broad SMARTS) is 1. The van der Waals surface area contributed by atoms with E-state index in [1.165, 1.54) is 23.3 Å². The van der Waals surface area contributed by atoms with Crippen LogP contribution in [0.2, 0.25) is 4.34 Å². The lowest BCUT2D eigenvalue weighted by molar-refractivity contribution is -0.141. The molecule has 2 rings (SSSR count). The molecule has 0 aliphatic heterocycles. The van der Waals surface area contributed by atoms with Crippen LogP contribution in [-0.2, 0) is 4.79 Å². The van der Waals surface area contributed by atoms with Gasteiger partial charge in [0.15, 0.2) is 0 Å². The zero-order chi connectivity index (χ0) is 14.8. The maximum atomic E-state index is 11.3. The number of carbonyl (C=O) groups is 1. The SMILES string of the molecule is CC(c1csc(Cl)c1)N(C)C1(CC(=O)O)CCCCC1. The van der Waals surface area contributed by atoms with Crippen LogP contribution in [0.3, 0.4) is 0 Å². The Labute approximate surface area is 129 Å². The number of aliphatic carboxylic acids is 1. The predicted molar refractivity (Wildman–Crippen MR) is 83.6 cm³/mol. The first-order valence-electron chi connectivity index (χ1n) is 7.13. The summed E-state index contributed by atoms with van der Waals surface area (Å²) >= 11 is 7.55. The van der Waals surface area contributed by atoms with Crippen molar-refractivity contribution >= 4 is 28.9 Å². The normalized spacial score (nSPS) is 20.0. The molecule has 0 aromatic carbocycles. The van der Waals surface area contributed by atoms with E-state index in [1.807, 2.05) is 6.07 Å². The molecule has 0 amide bonds. The zero-order valence-electron chi connectivity index (χ0n) is 12.1. The second-order valence-electron chi connectivity index (χ2n) is 5.83. The standard InChI is InChI=1S/C15H22ClNO2S/c1-11(12-8-13(16)20-10-12)17(2)15(9-14(18)19)6-4-3-5-7-15/h8,10-11H,3-7,9H2,1-2H3,(H,18,19). The van der Waals surface area contributed by atoms with Crippen molar-refractivity contribution in [2.45, 2.75) is 57.0 Å². The van der Waals surface area contributed by atoms with Crippen LogP contribution < -0.4 is 0 Å². The lowest BCUT2D eigenvalue weighted by atomic mass is 9.77. The van der Waals surface area contributed by atoms with Gasteiger partial charge >= 0.3 is 5.97 Å². The maximum Gasteiger partial charge on any atom is 0.305 e. The Morgan fingerprint density at radius 3 is 2.65 bits per heavy atom. The van der Waals surface area contributed by atoms with Crippen LogP contribution in [0.4, 0.5) is 0 Å². The number of hydrogen-bond acceptors (Lipinski definition) is 3. The predicted octanol–water partition coefficient (Wildman–Crippen LogP) is 4.57. The average Bonchev–Trinajstić information content (AvgIpc) is 2.84. The molecule has 3 nitrogen and oxygen atoms in total. The van der Waals surface area contributed by atoms with Gasteiger partial charge in [-0.15, -0.1) is 11.3 Å². The molecule has 1 unspecified atom stereocenters. The van der Waals surface area contributed by atoms with Gasteiger partial charge < -0.3 is 5.11 Å². The third kappa shape index (κ3) is 3.35. The van der Waals surface area contributed by atoms with Gasteiger partial charge in [-0.05, 0) is 43.8 Å². The van der Waals surface area contributed by atoms with Gasteiger partial charge in [0.2, 0.25) is 0 Å². The van der Waals surface area contributed by atoms with E-state index < -0.39 is 5.97 Å². The highest BCUT2D eigenvalue weighted by molar-refractivity contribution is 7.14. The van der Waals surface area contributed by atoms with Crippen molar-refractivity contribution in [1.82, 2.24) is 4.90 Å². The number of rotatable bonds is 5. The number of halogens is 1. The van der Waals surface area contributed by atoms with E-state index in [2.05, 4.69) is 24.3 Å². The molecule has 112 valence electrons. The lowest BCUT2D eigenvalue weighted by Gasteiger charge is -2.46. The molecule has 1 atom stereocenters. The molecule has 1 aliphatic carbocycles. The van der Waals surface area contributed by atoms with Crippen LogP contribution in [0, 0.1) is 0 Å². The first-order chi connectivity index (χ1) is 9.44. The van der Waals surface area contributed by atoms with Crippen LogP contribution >= 0.6 is 22.9 Å². The molecule has 0 bridgehead atoms. The molecular weight excluding hydrogens is 294 g/mol. The lowest BCUT2D eigenvalue weighted by Crippen LogP contribution is -2.50. The molecule has 1 aromatic rings. The highest BCUT2D eigenvalue weighted by Gasteiger charge is 2.40. The molecule has 0 spiro atoms. The molecular formula is C15H22ClNO2S. The Morgan fingerprint density at radius 1 is 1.50 bits per heavy atom. The van der Waals surface area contributed by atoms with E-state index in [0.29, 0.717) is 0 Å². The third-order valence-corrected chi connectivity index (χ3v) is 5.77. The first kappa shape index (κ1) is 15.8. The summed E-state index contributed by atoms with van der Waals surface area (Å²) in [6.45, 7) is 2.14. The number of carboxylic acids is 1. The summed E-state index contributed by atoms with van der Waals surface area (Å²) in [5.41, 5.74) is 0.968. The maximum absolute atomic E-state index is 11.3. The van der Waals surface area contributed by atoms with Crippen molar-refractivity contribution in [2.75, 3.05) is 7.05 Å². The fraction of sp³-hybridized carbons (Fsp3) is 0.667. The molecule has 1 saturated carbocycles. The van der Waals surface area contributed by atoms with Crippen LogP contribution in [-0.4, -0.2) is 28.6 Å². The molecule has 0 radical (unpaired) electrons. The second-order valence-corrected chi connectivity index (χ2v) is 7.37. The second kappa shape index (κ2) is 6.46. The Hall–Kier alpha value is -0.580. The quantitative estimate of drug-likeness (QED) is 0.865. The summed E-state index contributed by atoms with van der Waals surface area (Å²) in [5, 5.41) is 11.4. The van der Waals surface area contributed by atoms with E-state index in [4.69, 9.17) is 11.6 Å². The first-order valence-corrected chi connectivity index (χ1v) is 8.39. The summed E-state index contributed by atoms with van der Waals surface area (Å²) in [5.74, 6) is -0.700. The van der Waals surface area contributed by atoms with Gasteiger partial charge in [0.05, 0.1) is 10.8 Å². The van der Waals surface area contributed by atoms with Crippen molar-refractivity contribution in [1.29, 1.82) is 0 Å². The average molecular weight is 316 g/mol. The Kier molecular flexibility index (Phi) is 5.10. The van der Waals surface area contributed by atoms with E-state index in [1.54, 1.807) is 0 Å². The van der Waals surface area contributed by atoms with E-state index in [9.17, 15) is 9.90 Å². The van der Waals surface area contributed by atoms with Crippen molar-refractivity contribution in [3.05, 3.63) is 21.3 Å². The van der Waals surface area contributed by atoms with Gasteiger partial charge in [0.25, 0.3) is 0 Å². The Bertz CT molecular complexity index is 468. The van der Waals surface area contributed by atoms with Gasteiger partial charge in [-0.2, -0.15) is 0 Å². The summed E-state index contributed by atoms with van der Waals surface area (Å²) in [7, 11) is 2.06. The van der Waals surface area contributed by atoms with E-state index in [0.717, 1.165) is 30.0 Å². The van der Waals surface area contributed by atoms with Gasteiger partial charge in [-0.3, -0.25) is 9.69 Å². The number of hydrogen-bond donors (Lipinski definition) is 1. The Balaban J connectivity index is 2.21. The summed E-state index contributed by atoms with van der Waals surface area (Å²) in [4.78, 5) is 13.6. The monoisotopic (exact) mass is 315 g/mol. The van der Waals surface area contributed by atoms with E-state index in [-0.39, 0.29) is 18.0 Å². The minimum Gasteiger partial charge on any atom is -0.481 e. The molecule has 1 aliphatic rings. The van der Waals surface area contributed by atoms with E-state index >= 15 is 0 Å². The summed E-state index contributed by atoms with van der Waals surface area (Å²) in [6.07, 6.45) is 5.62. The van der Waals surface area contributed by atoms with Crippen LogP contribution in [0.1, 0.15) is 57.1 Å². The van der Waals surface area contributed by atoms with Gasteiger partial charge in [0.1, 0.15) is 0 Å². The topological polar surface area (TPSA) is 40.5 Å². The number of nitrogens with zero attached hydrogens (tertiary/aromatic N) is 1. The van der Waals surface area contributed by atoms with Gasteiger partial charge in [-0.25, -0.2) is 0 Å². The van der Waals surface area contributed by atoms with Crippen molar-refractivity contribution in [3.63, 3.8) is 0 Å². The molecule has 0 saturated heterocycles. The number of thiophene rings is 1. The smallest absolute Gasteiger partial charge is 0.305 e. The fourth-order valence-electron chi connectivity index (χ4n) is 3.32. The zero-order valence-corrected chi connectivity index (χ0v) is 13.6. The molecule has 20 heavy (non-hydrogen) atoms. The molecule has 1 fully saturated rings. The van der Waals surface area contributed by atoms with Gasteiger partial charge in [0, 0.05) is 11.6 Å². The third-order valence-electron chi connectivity index (χ3n) is 4.66. The highest BCUT2D eigenvalue weighted by atomic mass is 35.5. The summed E-state index contributed by atoms with van der Waals surface area (Å²) in [6, 6.07) is 2.18. The van der Waals surface area contributed by atoms with Crippen LogP contribution in [0.15, 0.2) is 11.4 Å². The highest BCUT2D eigenvalue weighted by Crippen LogP contribution is 2.41. The van der Waals surface area contributed by atoms with Gasteiger partial charge in [-0.1, -0.05) is 30.9 Å². The van der Waals surface area contributed by atoms with Crippen molar-refractivity contribution < 1.29 is 9.90 Å². The minimum atomic E-state index is -0.700. The summed E-state index contributed by atoms with van der Waals surface area (Å²) < 4.78 is 0.788. The fourth-order valence-corrected chi connectivity index (χ4v) is 4.30.